The molecule has 3 aromatic rings. The molecule has 0 radical (unpaired) electrons. The molecule has 0 spiro atoms. The number of ether oxygens (including phenoxy) is 1. The van der Waals surface area contributed by atoms with Crippen molar-refractivity contribution in [2.24, 2.45) is 5.10 Å². The fourth-order valence-electron chi connectivity index (χ4n) is 2.57. The number of nitrogens with zero attached hydrogens (tertiary/aromatic N) is 3. The van der Waals surface area contributed by atoms with Crippen LogP contribution in [-0.4, -0.2) is 28.2 Å². The summed E-state index contributed by atoms with van der Waals surface area (Å²) in [6.45, 7) is 4.15. The first-order chi connectivity index (χ1) is 12.1. The molecule has 0 saturated carbocycles. The number of aromatic nitrogens is 3. The Morgan fingerprint density at radius 1 is 1.20 bits per heavy atom. The topological polar surface area (TPSA) is 55.2 Å². The van der Waals surface area contributed by atoms with E-state index in [4.69, 9.17) is 17.0 Å². The van der Waals surface area contributed by atoms with Gasteiger partial charge in [0, 0.05) is 6.42 Å². The summed E-state index contributed by atoms with van der Waals surface area (Å²) in [6, 6.07) is 14.1. The van der Waals surface area contributed by atoms with Crippen molar-refractivity contribution in [2.75, 3.05) is 7.11 Å². The largest absolute Gasteiger partial charge is 0.497 e. The lowest BCUT2D eigenvalue weighted by Gasteiger charge is -2.04. The summed E-state index contributed by atoms with van der Waals surface area (Å²) in [5, 5.41) is 11.6. The third-order valence-electron chi connectivity index (χ3n) is 3.98. The zero-order chi connectivity index (χ0) is 17.8. The van der Waals surface area contributed by atoms with Gasteiger partial charge in [0.05, 0.1) is 13.3 Å². The number of hydrogen-bond acceptors (Lipinski definition) is 4. The highest BCUT2D eigenvalue weighted by Gasteiger charge is 2.07. The van der Waals surface area contributed by atoms with Crippen LogP contribution in [-0.2, 0) is 6.42 Å². The molecule has 1 N–H and O–H groups in total. The lowest BCUT2D eigenvalue weighted by Crippen LogP contribution is -2.01. The van der Waals surface area contributed by atoms with Crippen LogP contribution >= 0.6 is 12.2 Å². The normalized spacial score (nSPS) is 11.2. The maximum absolute atomic E-state index is 5.31. The molecule has 3 rings (SSSR count). The first-order valence-electron chi connectivity index (χ1n) is 7.97. The molecule has 5 nitrogen and oxygen atoms in total. The molecule has 128 valence electrons. The van der Waals surface area contributed by atoms with Gasteiger partial charge >= 0.3 is 0 Å². The maximum atomic E-state index is 5.31. The van der Waals surface area contributed by atoms with Crippen molar-refractivity contribution < 1.29 is 4.74 Å². The number of hydrogen-bond donors (Lipinski definition) is 1. The van der Waals surface area contributed by atoms with Crippen LogP contribution in [0.3, 0.4) is 0 Å². The van der Waals surface area contributed by atoms with Crippen LogP contribution in [0.5, 0.6) is 5.75 Å². The van der Waals surface area contributed by atoms with Crippen LogP contribution in [0.15, 0.2) is 47.6 Å². The number of nitrogens with one attached hydrogen (secondary N) is 1. The Morgan fingerprint density at radius 3 is 2.64 bits per heavy atom. The minimum absolute atomic E-state index is 0.476. The van der Waals surface area contributed by atoms with Crippen LogP contribution in [0.2, 0.25) is 0 Å². The quantitative estimate of drug-likeness (QED) is 0.557. The van der Waals surface area contributed by atoms with E-state index in [0.717, 1.165) is 22.7 Å². The second-order valence-electron chi connectivity index (χ2n) is 5.89. The highest BCUT2D eigenvalue weighted by Crippen LogP contribution is 2.14. The molecule has 0 aliphatic rings. The molecule has 0 bridgehead atoms. The van der Waals surface area contributed by atoms with Crippen molar-refractivity contribution in [1.82, 2.24) is 14.9 Å². The van der Waals surface area contributed by atoms with Crippen LogP contribution < -0.4 is 4.74 Å². The highest BCUT2D eigenvalue weighted by molar-refractivity contribution is 7.71. The average Bonchev–Trinajstić information content (AvgIpc) is 2.95. The standard InChI is InChI=1S/C19H20N4OS/c1-13-4-7-16(14(2)10-13)12-20-23-18(21-22-19(23)25)11-15-5-8-17(24-3)9-6-15/h4-10,12H,11H2,1-3H3,(H,22,25)/b20-12-. The van der Waals surface area contributed by atoms with E-state index in [-0.39, 0.29) is 0 Å². The van der Waals surface area contributed by atoms with Gasteiger partial charge in [0.15, 0.2) is 5.82 Å². The first-order valence-corrected chi connectivity index (χ1v) is 8.38. The van der Waals surface area contributed by atoms with Gasteiger partial charge < -0.3 is 4.74 Å². The molecule has 0 aliphatic carbocycles. The van der Waals surface area contributed by atoms with E-state index in [0.29, 0.717) is 11.2 Å². The number of H-pyrrole nitrogens is 1. The predicted molar refractivity (Wildman–Crippen MR) is 102 cm³/mol. The molecule has 25 heavy (non-hydrogen) atoms. The number of benzene rings is 2. The molecule has 0 unspecified atom stereocenters. The van der Waals surface area contributed by atoms with Gasteiger partial charge in [-0.1, -0.05) is 35.9 Å². The monoisotopic (exact) mass is 352 g/mol. The molecule has 0 amide bonds. The van der Waals surface area contributed by atoms with Crippen molar-refractivity contribution in [3.63, 3.8) is 0 Å². The van der Waals surface area contributed by atoms with Crippen LogP contribution in [0.4, 0.5) is 0 Å². The summed E-state index contributed by atoms with van der Waals surface area (Å²) in [5.41, 5.74) is 4.58. The molecule has 0 saturated heterocycles. The Hall–Kier alpha value is -2.73. The fraction of sp³-hybridized carbons (Fsp3) is 0.211. The molecule has 0 atom stereocenters. The van der Waals surface area contributed by atoms with Gasteiger partial charge in [-0.2, -0.15) is 14.9 Å². The van der Waals surface area contributed by atoms with Gasteiger partial charge in [0.2, 0.25) is 4.77 Å². The van der Waals surface area contributed by atoms with Gasteiger partial charge in [0.25, 0.3) is 0 Å². The predicted octanol–water partition coefficient (Wildman–Crippen LogP) is 4.04. The maximum Gasteiger partial charge on any atom is 0.216 e. The van der Waals surface area contributed by atoms with E-state index in [1.807, 2.05) is 30.5 Å². The van der Waals surface area contributed by atoms with Crippen molar-refractivity contribution in [2.45, 2.75) is 20.3 Å². The van der Waals surface area contributed by atoms with E-state index in [1.165, 1.54) is 11.1 Å². The van der Waals surface area contributed by atoms with E-state index >= 15 is 0 Å². The van der Waals surface area contributed by atoms with E-state index in [9.17, 15) is 0 Å². The Bertz CT molecular complexity index is 954. The number of rotatable bonds is 5. The second kappa shape index (κ2) is 7.44. The highest BCUT2D eigenvalue weighted by atomic mass is 32.1. The third kappa shape index (κ3) is 4.03. The molecular weight excluding hydrogens is 332 g/mol. The third-order valence-corrected chi connectivity index (χ3v) is 4.24. The molecular formula is C19H20N4OS. The molecule has 6 heteroatoms. The summed E-state index contributed by atoms with van der Waals surface area (Å²) in [4.78, 5) is 0. The van der Waals surface area contributed by atoms with Crippen molar-refractivity contribution >= 4 is 18.4 Å². The second-order valence-corrected chi connectivity index (χ2v) is 6.27. The summed E-state index contributed by atoms with van der Waals surface area (Å²) >= 11 is 5.31. The van der Waals surface area contributed by atoms with Crippen LogP contribution in [0.1, 0.15) is 28.1 Å². The lowest BCUT2D eigenvalue weighted by molar-refractivity contribution is 0.414. The Morgan fingerprint density at radius 2 is 1.96 bits per heavy atom. The minimum Gasteiger partial charge on any atom is -0.497 e. The molecule has 1 aromatic heterocycles. The number of aromatic amines is 1. The smallest absolute Gasteiger partial charge is 0.216 e. The molecule has 0 aliphatic heterocycles. The fourth-order valence-corrected chi connectivity index (χ4v) is 2.77. The first kappa shape index (κ1) is 17.1. The van der Waals surface area contributed by atoms with Gasteiger partial charge in [-0.15, -0.1) is 0 Å². The summed E-state index contributed by atoms with van der Waals surface area (Å²) in [7, 11) is 1.65. The number of methoxy groups -OCH3 is 1. The minimum atomic E-state index is 0.476. The SMILES string of the molecule is COc1ccc(Cc2n[nH]c(=S)n2/N=C\c2ccc(C)cc2C)cc1. The summed E-state index contributed by atoms with van der Waals surface area (Å²) in [5.74, 6) is 1.59. The Labute approximate surface area is 152 Å². The molecule has 2 aromatic carbocycles. The number of aryl methyl sites for hydroxylation is 2. The van der Waals surface area contributed by atoms with Crippen molar-refractivity contribution in [1.29, 1.82) is 0 Å². The van der Waals surface area contributed by atoms with Crippen LogP contribution in [0.25, 0.3) is 0 Å². The summed E-state index contributed by atoms with van der Waals surface area (Å²) < 4.78 is 7.33. The molecule has 1 heterocycles. The zero-order valence-corrected chi connectivity index (χ0v) is 15.3. The van der Waals surface area contributed by atoms with E-state index in [2.05, 4.69) is 47.3 Å². The van der Waals surface area contributed by atoms with E-state index in [1.54, 1.807) is 11.8 Å². The van der Waals surface area contributed by atoms with Crippen molar-refractivity contribution in [3.05, 3.63) is 75.3 Å². The molecule has 0 fully saturated rings. The van der Waals surface area contributed by atoms with E-state index < -0.39 is 0 Å². The Balaban J connectivity index is 1.86. The van der Waals surface area contributed by atoms with Gasteiger partial charge in [-0.25, -0.2) is 0 Å². The van der Waals surface area contributed by atoms with Gasteiger partial charge in [-0.3, -0.25) is 5.10 Å². The zero-order valence-electron chi connectivity index (χ0n) is 14.5. The summed E-state index contributed by atoms with van der Waals surface area (Å²) in [6.07, 6.45) is 2.44. The lowest BCUT2D eigenvalue weighted by atomic mass is 10.1. The van der Waals surface area contributed by atoms with Gasteiger partial charge in [-0.05, 0) is 54.9 Å². The van der Waals surface area contributed by atoms with Crippen molar-refractivity contribution in [3.8, 4) is 5.75 Å². The Kier molecular flexibility index (Phi) is 5.09. The van der Waals surface area contributed by atoms with Crippen LogP contribution in [0, 0.1) is 18.6 Å². The average molecular weight is 352 g/mol. The van der Waals surface area contributed by atoms with Gasteiger partial charge in [0.1, 0.15) is 5.75 Å².